The van der Waals surface area contributed by atoms with E-state index >= 15 is 0 Å². The number of fused-ring (bicyclic) bond motifs is 2. The number of aromatic nitrogens is 1. The number of halogens is 1. The average molecular weight is 242 g/mol. The van der Waals surface area contributed by atoms with Gasteiger partial charge in [-0.05, 0) is 29.0 Å². The summed E-state index contributed by atoms with van der Waals surface area (Å²) in [5.74, 6) is 0. The molecular formula is C14H8ClNO. The highest BCUT2D eigenvalue weighted by Crippen LogP contribution is 2.24. The van der Waals surface area contributed by atoms with Crippen LogP contribution in [-0.2, 0) is 0 Å². The Kier molecular flexibility index (Phi) is 2.30. The minimum atomic E-state index is 0.253. The number of pyridine rings is 1. The number of aldehydes is 1. The van der Waals surface area contributed by atoms with Gasteiger partial charge in [-0.1, -0.05) is 35.9 Å². The fraction of sp³-hybridized carbons (Fsp3) is 0. The molecular weight excluding hydrogens is 234 g/mol. The van der Waals surface area contributed by atoms with Gasteiger partial charge in [-0.15, -0.1) is 0 Å². The SMILES string of the molecule is O=Cc1cc2cc3ccccc3cc2nc1Cl. The summed E-state index contributed by atoms with van der Waals surface area (Å²) in [7, 11) is 0. The van der Waals surface area contributed by atoms with Crippen LogP contribution in [0.1, 0.15) is 10.4 Å². The molecule has 0 aliphatic rings. The molecule has 82 valence electrons. The Balaban J connectivity index is 2.43. The van der Waals surface area contributed by atoms with Crippen molar-refractivity contribution in [3.05, 3.63) is 53.2 Å². The molecule has 0 saturated carbocycles. The number of hydrogen-bond donors (Lipinski definition) is 0. The predicted octanol–water partition coefficient (Wildman–Crippen LogP) is 3.85. The molecule has 3 aromatic rings. The van der Waals surface area contributed by atoms with Gasteiger partial charge < -0.3 is 0 Å². The second-order valence-electron chi connectivity index (χ2n) is 3.88. The molecule has 2 aromatic carbocycles. The van der Waals surface area contributed by atoms with Crippen molar-refractivity contribution in [1.29, 1.82) is 0 Å². The Hall–Kier alpha value is -1.93. The smallest absolute Gasteiger partial charge is 0.153 e. The number of carbonyl (C=O) groups excluding carboxylic acids is 1. The predicted molar refractivity (Wildman–Crippen MR) is 69.6 cm³/mol. The van der Waals surface area contributed by atoms with Crippen LogP contribution in [0.2, 0.25) is 5.15 Å². The Labute approximate surface area is 103 Å². The fourth-order valence-corrected chi connectivity index (χ4v) is 2.13. The third kappa shape index (κ3) is 1.67. The molecule has 17 heavy (non-hydrogen) atoms. The molecule has 0 fully saturated rings. The van der Waals surface area contributed by atoms with Crippen molar-refractivity contribution in [3.8, 4) is 0 Å². The second-order valence-corrected chi connectivity index (χ2v) is 4.24. The molecule has 3 heteroatoms. The second kappa shape index (κ2) is 3.82. The first kappa shape index (κ1) is 10.2. The zero-order valence-corrected chi connectivity index (χ0v) is 9.61. The lowest BCUT2D eigenvalue weighted by molar-refractivity contribution is 0.112. The van der Waals surface area contributed by atoms with E-state index in [0.717, 1.165) is 28.0 Å². The van der Waals surface area contributed by atoms with Gasteiger partial charge in [-0.2, -0.15) is 0 Å². The van der Waals surface area contributed by atoms with Crippen molar-refractivity contribution in [2.45, 2.75) is 0 Å². The molecule has 0 amide bonds. The van der Waals surface area contributed by atoms with E-state index in [0.29, 0.717) is 5.56 Å². The molecule has 0 saturated heterocycles. The molecule has 0 unspecified atom stereocenters. The van der Waals surface area contributed by atoms with Crippen molar-refractivity contribution in [1.82, 2.24) is 4.98 Å². The van der Waals surface area contributed by atoms with Gasteiger partial charge >= 0.3 is 0 Å². The van der Waals surface area contributed by atoms with Crippen LogP contribution in [0.4, 0.5) is 0 Å². The van der Waals surface area contributed by atoms with Gasteiger partial charge in [0, 0.05) is 5.39 Å². The maximum atomic E-state index is 10.8. The standard InChI is InChI=1S/C14H8ClNO/c15-14-12(8-17)6-11-5-9-3-1-2-4-10(9)7-13(11)16-14/h1-8H. The molecule has 1 aromatic heterocycles. The molecule has 0 N–H and O–H groups in total. The number of nitrogens with zero attached hydrogens (tertiary/aromatic N) is 1. The summed E-state index contributed by atoms with van der Waals surface area (Å²) < 4.78 is 0. The summed E-state index contributed by atoms with van der Waals surface area (Å²) in [4.78, 5) is 15.0. The number of hydrogen-bond acceptors (Lipinski definition) is 2. The van der Waals surface area contributed by atoms with Crippen LogP contribution in [0, 0.1) is 0 Å². The molecule has 0 spiro atoms. The summed E-state index contributed by atoms with van der Waals surface area (Å²) in [5, 5.41) is 3.42. The average Bonchev–Trinajstić information content (AvgIpc) is 2.35. The molecule has 1 heterocycles. The lowest BCUT2D eigenvalue weighted by atomic mass is 10.1. The first-order valence-electron chi connectivity index (χ1n) is 5.22. The quantitative estimate of drug-likeness (QED) is 0.368. The monoisotopic (exact) mass is 241 g/mol. The van der Waals surface area contributed by atoms with E-state index in [-0.39, 0.29) is 5.15 Å². The van der Waals surface area contributed by atoms with Gasteiger partial charge in [0.2, 0.25) is 0 Å². The van der Waals surface area contributed by atoms with Crippen LogP contribution in [-0.4, -0.2) is 11.3 Å². The van der Waals surface area contributed by atoms with E-state index in [9.17, 15) is 4.79 Å². The maximum absolute atomic E-state index is 10.8. The highest BCUT2D eigenvalue weighted by molar-refractivity contribution is 6.32. The van der Waals surface area contributed by atoms with E-state index < -0.39 is 0 Å². The van der Waals surface area contributed by atoms with Crippen LogP contribution >= 0.6 is 11.6 Å². The van der Waals surface area contributed by atoms with E-state index in [1.807, 2.05) is 36.4 Å². The highest BCUT2D eigenvalue weighted by Gasteiger charge is 2.05. The first-order chi connectivity index (χ1) is 8.28. The third-order valence-corrected chi connectivity index (χ3v) is 3.09. The van der Waals surface area contributed by atoms with Crippen molar-refractivity contribution < 1.29 is 4.79 Å². The number of rotatable bonds is 1. The molecule has 2 nitrogen and oxygen atoms in total. The molecule has 0 radical (unpaired) electrons. The lowest BCUT2D eigenvalue weighted by Crippen LogP contribution is -1.88. The van der Waals surface area contributed by atoms with Crippen molar-refractivity contribution >= 4 is 39.6 Å². The van der Waals surface area contributed by atoms with Crippen LogP contribution in [0.5, 0.6) is 0 Å². The highest BCUT2D eigenvalue weighted by atomic mass is 35.5. The third-order valence-electron chi connectivity index (χ3n) is 2.79. The Morgan fingerprint density at radius 2 is 1.71 bits per heavy atom. The molecule has 3 rings (SSSR count). The van der Waals surface area contributed by atoms with Gasteiger partial charge in [-0.25, -0.2) is 4.98 Å². The lowest BCUT2D eigenvalue weighted by Gasteiger charge is -2.03. The molecule has 0 aliphatic heterocycles. The van der Waals surface area contributed by atoms with Gasteiger partial charge in [0.05, 0.1) is 11.1 Å². The Bertz CT molecular complexity index is 737. The normalized spacial score (nSPS) is 10.9. The topological polar surface area (TPSA) is 30.0 Å². The number of carbonyl (C=O) groups is 1. The van der Waals surface area contributed by atoms with E-state index in [1.165, 1.54) is 0 Å². The van der Waals surface area contributed by atoms with Crippen LogP contribution in [0.3, 0.4) is 0 Å². The molecule has 0 atom stereocenters. The minimum Gasteiger partial charge on any atom is -0.298 e. The largest absolute Gasteiger partial charge is 0.298 e. The van der Waals surface area contributed by atoms with Crippen LogP contribution in [0.15, 0.2) is 42.5 Å². The zero-order valence-electron chi connectivity index (χ0n) is 8.85. The van der Waals surface area contributed by atoms with Crippen molar-refractivity contribution in [2.75, 3.05) is 0 Å². The first-order valence-corrected chi connectivity index (χ1v) is 5.60. The van der Waals surface area contributed by atoms with Gasteiger partial charge in [0.1, 0.15) is 5.15 Å². The Morgan fingerprint density at radius 3 is 2.41 bits per heavy atom. The summed E-state index contributed by atoms with van der Waals surface area (Å²) in [6, 6.07) is 13.8. The minimum absolute atomic E-state index is 0.253. The summed E-state index contributed by atoms with van der Waals surface area (Å²) >= 11 is 5.91. The molecule has 0 bridgehead atoms. The fourth-order valence-electron chi connectivity index (χ4n) is 1.94. The Morgan fingerprint density at radius 1 is 1.00 bits per heavy atom. The maximum Gasteiger partial charge on any atom is 0.153 e. The summed E-state index contributed by atoms with van der Waals surface area (Å²) in [6.45, 7) is 0. The van der Waals surface area contributed by atoms with Crippen LogP contribution in [0.25, 0.3) is 21.7 Å². The summed E-state index contributed by atoms with van der Waals surface area (Å²) in [5.41, 5.74) is 1.23. The number of benzene rings is 2. The van der Waals surface area contributed by atoms with Gasteiger partial charge in [0.25, 0.3) is 0 Å². The van der Waals surface area contributed by atoms with Gasteiger partial charge in [-0.3, -0.25) is 4.79 Å². The van der Waals surface area contributed by atoms with E-state index in [4.69, 9.17) is 11.6 Å². The summed E-state index contributed by atoms with van der Waals surface area (Å²) in [6.07, 6.45) is 0.726. The zero-order chi connectivity index (χ0) is 11.8. The van der Waals surface area contributed by atoms with Crippen LogP contribution < -0.4 is 0 Å². The van der Waals surface area contributed by atoms with Crippen molar-refractivity contribution in [3.63, 3.8) is 0 Å². The van der Waals surface area contributed by atoms with Crippen molar-refractivity contribution in [2.24, 2.45) is 0 Å². The molecule has 0 aliphatic carbocycles. The van der Waals surface area contributed by atoms with Gasteiger partial charge in [0.15, 0.2) is 6.29 Å². The van der Waals surface area contributed by atoms with E-state index in [1.54, 1.807) is 6.07 Å². The van der Waals surface area contributed by atoms with E-state index in [2.05, 4.69) is 4.98 Å².